The Balaban J connectivity index is 2.25. The summed E-state index contributed by atoms with van der Waals surface area (Å²) in [7, 11) is 1.60. The van der Waals surface area contributed by atoms with Crippen molar-refractivity contribution in [1.82, 2.24) is 15.0 Å². The first-order valence-electron chi connectivity index (χ1n) is 5.34. The van der Waals surface area contributed by atoms with Crippen molar-refractivity contribution in [2.24, 2.45) is 0 Å². The van der Waals surface area contributed by atoms with E-state index < -0.39 is 0 Å². The quantitative estimate of drug-likeness (QED) is 0.880. The topological polar surface area (TPSA) is 50.8 Å². The number of H-pyrrole nitrogens is 1. The van der Waals surface area contributed by atoms with Gasteiger partial charge in [-0.3, -0.25) is 0 Å². The normalized spacial score (nSPS) is 10.4. The van der Waals surface area contributed by atoms with Crippen LogP contribution in [0.25, 0.3) is 0 Å². The Morgan fingerprint density at radius 2 is 2.22 bits per heavy atom. The number of ether oxygens (including phenoxy) is 1. The Bertz CT molecular complexity index is 610. The van der Waals surface area contributed by atoms with Crippen molar-refractivity contribution in [1.29, 1.82) is 0 Å². The molecule has 0 fully saturated rings. The third-order valence-corrected chi connectivity index (χ3v) is 3.99. The molecule has 94 valence electrons. The molecular weight excluding hydrogens is 314 g/mol. The number of nitrogens with zero attached hydrogens (tertiary/aromatic N) is 2. The molecule has 6 heteroatoms. The first-order valence-corrected chi connectivity index (χ1v) is 6.54. The maximum Gasteiger partial charge on any atom is 0.212 e. The zero-order valence-corrected chi connectivity index (χ0v) is 12.4. The maximum atomic E-state index is 5.17. The molecule has 4 nitrogen and oxygen atoms in total. The Kier molecular flexibility index (Phi) is 4.08. The summed E-state index contributed by atoms with van der Waals surface area (Å²) >= 11 is 8.56. The number of hydrogen-bond acceptors (Lipinski definition) is 4. The molecule has 0 spiro atoms. The molecule has 18 heavy (non-hydrogen) atoms. The number of halogens is 1. The molecule has 2 rings (SSSR count). The Hall–Kier alpha value is -1.27. The van der Waals surface area contributed by atoms with Crippen LogP contribution in [0.5, 0.6) is 5.88 Å². The monoisotopic (exact) mass is 325 g/mol. The predicted molar refractivity (Wildman–Crippen MR) is 75.5 cm³/mol. The van der Waals surface area contributed by atoms with Crippen LogP contribution in [0.2, 0.25) is 0 Å². The molecule has 1 N–H and O–H groups in total. The second-order valence-corrected chi connectivity index (χ2v) is 4.99. The lowest BCUT2D eigenvalue weighted by molar-refractivity contribution is 0.397. The fraction of sp³-hybridized carbons (Fsp3) is 0.250. The summed E-state index contributed by atoms with van der Waals surface area (Å²) in [6.45, 7) is 1.96. The molecule has 0 unspecified atom stereocenters. The van der Waals surface area contributed by atoms with Crippen molar-refractivity contribution in [3.63, 3.8) is 0 Å². The first kappa shape index (κ1) is 13.2. The van der Waals surface area contributed by atoms with Gasteiger partial charge in [-0.05, 0) is 28.4 Å². The molecule has 0 saturated carbocycles. The summed E-state index contributed by atoms with van der Waals surface area (Å²) in [6, 6.07) is 3.79. The lowest BCUT2D eigenvalue weighted by atomic mass is 10.2. The molecule has 0 amide bonds. The number of pyridine rings is 1. The molecule has 0 aromatic carbocycles. The zero-order chi connectivity index (χ0) is 13.1. The lowest BCUT2D eigenvalue weighted by Gasteiger charge is -2.05. The third-order valence-electron chi connectivity index (χ3n) is 2.46. The van der Waals surface area contributed by atoms with Crippen molar-refractivity contribution >= 4 is 28.1 Å². The number of hydrogen-bond donors (Lipinski definition) is 1. The lowest BCUT2D eigenvalue weighted by Crippen LogP contribution is -2.00. The van der Waals surface area contributed by atoms with E-state index in [1.807, 2.05) is 19.1 Å². The van der Waals surface area contributed by atoms with E-state index in [9.17, 15) is 0 Å². The largest absolute Gasteiger partial charge is 0.481 e. The molecule has 0 aliphatic carbocycles. The summed E-state index contributed by atoms with van der Waals surface area (Å²) < 4.78 is 6.43. The van der Waals surface area contributed by atoms with Crippen LogP contribution < -0.4 is 4.74 Å². The van der Waals surface area contributed by atoms with Crippen LogP contribution in [-0.4, -0.2) is 22.1 Å². The number of aryl methyl sites for hydroxylation is 1. The molecule has 2 heterocycles. The van der Waals surface area contributed by atoms with E-state index in [1.54, 1.807) is 13.3 Å². The maximum absolute atomic E-state index is 5.17. The molecular formula is C12H12BrN3OS. The van der Waals surface area contributed by atoms with Crippen molar-refractivity contribution < 1.29 is 4.74 Å². The minimum Gasteiger partial charge on any atom is -0.481 e. The smallest absolute Gasteiger partial charge is 0.212 e. The fourth-order valence-electron chi connectivity index (χ4n) is 1.54. The van der Waals surface area contributed by atoms with Gasteiger partial charge in [-0.1, -0.05) is 18.3 Å². The summed E-state index contributed by atoms with van der Waals surface area (Å²) in [5.74, 6) is 1.43. The van der Waals surface area contributed by atoms with Crippen LogP contribution in [0.15, 0.2) is 22.8 Å². The van der Waals surface area contributed by atoms with Crippen LogP contribution in [0.3, 0.4) is 0 Å². The second-order valence-electron chi connectivity index (χ2n) is 3.81. The molecule has 0 atom stereocenters. The van der Waals surface area contributed by atoms with Gasteiger partial charge < -0.3 is 9.72 Å². The molecule has 2 aromatic heterocycles. The van der Waals surface area contributed by atoms with Crippen LogP contribution in [0, 0.1) is 11.6 Å². The summed E-state index contributed by atoms with van der Waals surface area (Å²) in [4.78, 5) is 11.7. The zero-order valence-electron chi connectivity index (χ0n) is 10.0. The van der Waals surface area contributed by atoms with E-state index in [4.69, 9.17) is 17.0 Å². The summed E-state index contributed by atoms with van der Waals surface area (Å²) in [5.41, 5.74) is 2.03. The molecule has 0 bridgehead atoms. The van der Waals surface area contributed by atoms with Gasteiger partial charge >= 0.3 is 0 Å². The Labute approximate surface area is 119 Å². The number of methoxy groups -OCH3 is 1. The van der Waals surface area contributed by atoms with E-state index in [2.05, 4.69) is 30.9 Å². The highest BCUT2D eigenvalue weighted by Gasteiger charge is 2.04. The van der Waals surface area contributed by atoms with E-state index in [0.717, 1.165) is 21.6 Å². The molecule has 2 aromatic rings. The number of nitrogens with one attached hydrogen (secondary N) is 1. The van der Waals surface area contributed by atoms with Gasteiger partial charge in [0, 0.05) is 24.4 Å². The standard InChI is InChI=1S/C12H12BrN3OS/c1-7-11(13)12(18)16-9(15-7)5-8-3-4-10(17-2)14-6-8/h3-4,6H,5H2,1-2H3,(H,15,16,18). The molecule has 0 saturated heterocycles. The van der Waals surface area contributed by atoms with Gasteiger partial charge in [-0.2, -0.15) is 0 Å². The van der Waals surface area contributed by atoms with Gasteiger partial charge in [-0.15, -0.1) is 0 Å². The van der Waals surface area contributed by atoms with E-state index >= 15 is 0 Å². The van der Waals surface area contributed by atoms with Crippen LogP contribution >= 0.6 is 28.1 Å². The minimum absolute atomic E-state index is 0.572. The molecule has 0 radical (unpaired) electrons. The number of aromatic amines is 1. The highest BCUT2D eigenvalue weighted by atomic mass is 79.9. The van der Waals surface area contributed by atoms with Crippen molar-refractivity contribution in [3.8, 4) is 5.88 Å². The van der Waals surface area contributed by atoms with Crippen molar-refractivity contribution in [2.45, 2.75) is 13.3 Å². The fourth-order valence-corrected chi connectivity index (χ4v) is 2.00. The number of aromatic nitrogens is 3. The van der Waals surface area contributed by atoms with E-state index in [1.165, 1.54) is 0 Å². The van der Waals surface area contributed by atoms with Crippen LogP contribution in [-0.2, 0) is 6.42 Å². The van der Waals surface area contributed by atoms with Gasteiger partial charge in [0.1, 0.15) is 10.5 Å². The first-order chi connectivity index (χ1) is 8.60. The second kappa shape index (κ2) is 5.58. The van der Waals surface area contributed by atoms with Crippen LogP contribution in [0.4, 0.5) is 0 Å². The van der Waals surface area contributed by atoms with Crippen LogP contribution in [0.1, 0.15) is 17.1 Å². The van der Waals surface area contributed by atoms with Crippen molar-refractivity contribution in [2.75, 3.05) is 7.11 Å². The van der Waals surface area contributed by atoms with Gasteiger partial charge in [0.25, 0.3) is 0 Å². The summed E-state index contributed by atoms with van der Waals surface area (Å²) in [5, 5.41) is 0. The van der Waals surface area contributed by atoms with Gasteiger partial charge in [0.05, 0.1) is 11.6 Å². The van der Waals surface area contributed by atoms with E-state index in [0.29, 0.717) is 16.9 Å². The highest BCUT2D eigenvalue weighted by molar-refractivity contribution is 9.10. The molecule has 0 aliphatic heterocycles. The highest BCUT2D eigenvalue weighted by Crippen LogP contribution is 2.16. The van der Waals surface area contributed by atoms with Gasteiger partial charge in [-0.25, -0.2) is 9.97 Å². The minimum atomic E-state index is 0.572. The number of rotatable bonds is 3. The third kappa shape index (κ3) is 2.94. The Morgan fingerprint density at radius 1 is 1.44 bits per heavy atom. The summed E-state index contributed by atoms with van der Waals surface area (Å²) in [6.07, 6.45) is 2.43. The van der Waals surface area contributed by atoms with Gasteiger partial charge in [0.2, 0.25) is 5.88 Å². The Morgan fingerprint density at radius 3 is 2.78 bits per heavy atom. The van der Waals surface area contributed by atoms with Crippen molar-refractivity contribution in [3.05, 3.63) is 44.5 Å². The SMILES string of the molecule is COc1ccc(Cc2nc(=S)c(Br)c(C)[nH]2)cn1. The average molecular weight is 326 g/mol. The average Bonchev–Trinajstić information content (AvgIpc) is 2.37. The molecule has 0 aliphatic rings. The van der Waals surface area contributed by atoms with Gasteiger partial charge in [0.15, 0.2) is 0 Å². The van der Waals surface area contributed by atoms with E-state index in [-0.39, 0.29) is 0 Å². The predicted octanol–water partition coefficient (Wildman–Crippen LogP) is 3.20.